The molecular weight excluding hydrogens is 250 g/mol. The van der Waals surface area contributed by atoms with E-state index in [1.807, 2.05) is 6.92 Å². The van der Waals surface area contributed by atoms with E-state index < -0.39 is 9.84 Å². The van der Waals surface area contributed by atoms with Crippen molar-refractivity contribution in [1.82, 2.24) is 5.32 Å². The summed E-state index contributed by atoms with van der Waals surface area (Å²) in [5.74, 6) is 0.226. The number of carbonyl (C=O) groups is 1. The monoisotopic (exact) mass is 273 g/mol. The fourth-order valence-electron chi connectivity index (χ4n) is 3.29. The Bertz CT molecular complexity index is 424. The lowest BCUT2D eigenvalue weighted by Crippen LogP contribution is -2.39. The third-order valence-corrected chi connectivity index (χ3v) is 6.21. The van der Waals surface area contributed by atoms with Gasteiger partial charge >= 0.3 is 0 Å². The summed E-state index contributed by atoms with van der Waals surface area (Å²) in [6.07, 6.45) is 5.15. The number of carbonyl (C=O) groups excluding carboxylic acids is 1. The number of rotatable bonds is 3. The Hall–Kier alpha value is -0.420. The predicted octanol–water partition coefficient (Wildman–Crippen LogP) is 1.16. The summed E-state index contributed by atoms with van der Waals surface area (Å²) in [5, 5.41) is 2.93. The lowest BCUT2D eigenvalue weighted by molar-refractivity contribution is -0.132. The topological polar surface area (TPSA) is 63.2 Å². The second-order valence-electron chi connectivity index (χ2n) is 6.17. The van der Waals surface area contributed by atoms with Crippen LogP contribution in [0.25, 0.3) is 0 Å². The predicted molar refractivity (Wildman–Crippen MR) is 71.2 cm³/mol. The second-order valence-corrected chi connectivity index (χ2v) is 8.49. The molecule has 0 aromatic rings. The minimum Gasteiger partial charge on any atom is -0.316 e. The van der Waals surface area contributed by atoms with Gasteiger partial charge in [-0.3, -0.25) is 4.79 Å². The minimum absolute atomic E-state index is 0.0524. The van der Waals surface area contributed by atoms with Gasteiger partial charge in [0.2, 0.25) is 0 Å². The molecule has 1 heterocycles. The van der Waals surface area contributed by atoms with Crippen molar-refractivity contribution < 1.29 is 13.2 Å². The van der Waals surface area contributed by atoms with Crippen molar-refractivity contribution in [2.45, 2.75) is 44.3 Å². The quantitative estimate of drug-likeness (QED) is 0.838. The van der Waals surface area contributed by atoms with Gasteiger partial charge in [0.1, 0.15) is 15.6 Å². The molecular formula is C13H23NO3S. The van der Waals surface area contributed by atoms with Crippen LogP contribution in [0.5, 0.6) is 0 Å². The smallest absolute Gasteiger partial charge is 0.150 e. The Balaban J connectivity index is 2.07. The van der Waals surface area contributed by atoms with E-state index in [0.29, 0.717) is 6.42 Å². The fourth-order valence-corrected chi connectivity index (χ4v) is 4.47. The third kappa shape index (κ3) is 2.77. The summed E-state index contributed by atoms with van der Waals surface area (Å²) >= 11 is 0. The molecule has 1 saturated heterocycles. The Morgan fingerprint density at radius 2 is 2.06 bits per heavy atom. The van der Waals surface area contributed by atoms with Crippen molar-refractivity contribution >= 4 is 15.6 Å². The van der Waals surface area contributed by atoms with Crippen LogP contribution in [0.2, 0.25) is 0 Å². The van der Waals surface area contributed by atoms with Crippen molar-refractivity contribution in [3.63, 3.8) is 0 Å². The lowest BCUT2D eigenvalue weighted by Gasteiger charge is -2.32. The van der Waals surface area contributed by atoms with Crippen molar-refractivity contribution in [2.75, 3.05) is 19.3 Å². The molecule has 0 aromatic carbocycles. The summed E-state index contributed by atoms with van der Waals surface area (Å²) in [6.45, 7) is 3.65. The average molecular weight is 273 g/mol. The highest BCUT2D eigenvalue weighted by molar-refractivity contribution is 7.91. The highest BCUT2D eigenvalue weighted by Crippen LogP contribution is 2.36. The van der Waals surface area contributed by atoms with Gasteiger partial charge in [0.25, 0.3) is 0 Å². The zero-order chi connectivity index (χ0) is 13.4. The van der Waals surface area contributed by atoms with Gasteiger partial charge in [-0.15, -0.1) is 0 Å². The largest absolute Gasteiger partial charge is 0.316 e. The van der Waals surface area contributed by atoms with Gasteiger partial charge in [0, 0.05) is 24.1 Å². The van der Waals surface area contributed by atoms with E-state index in [-0.39, 0.29) is 22.4 Å². The first-order valence-corrected chi connectivity index (χ1v) is 8.72. The first kappa shape index (κ1) is 14.0. The number of Topliss-reactive ketones (excluding diaryl/α,β-unsaturated/α-hetero) is 1. The normalized spacial score (nSPS) is 37.7. The second kappa shape index (κ2) is 4.93. The van der Waals surface area contributed by atoms with E-state index >= 15 is 0 Å². The molecule has 0 spiro atoms. The van der Waals surface area contributed by atoms with Gasteiger partial charge in [0.05, 0.1) is 5.25 Å². The van der Waals surface area contributed by atoms with Crippen molar-refractivity contribution in [3.8, 4) is 0 Å². The molecule has 0 radical (unpaired) electrons. The molecule has 0 bridgehead atoms. The van der Waals surface area contributed by atoms with Gasteiger partial charge < -0.3 is 5.32 Å². The number of hydrogen-bond donors (Lipinski definition) is 1. The average Bonchev–Trinajstić information content (AvgIpc) is 2.75. The molecule has 0 amide bonds. The molecule has 18 heavy (non-hydrogen) atoms. The van der Waals surface area contributed by atoms with Crippen molar-refractivity contribution in [2.24, 2.45) is 11.3 Å². The number of nitrogens with one attached hydrogen (secondary N) is 1. The van der Waals surface area contributed by atoms with Crippen LogP contribution in [-0.2, 0) is 14.6 Å². The molecule has 2 aliphatic rings. The summed E-state index contributed by atoms with van der Waals surface area (Å²) in [4.78, 5) is 12.6. The van der Waals surface area contributed by atoms with Crippen LogP contribution in [0, 0.1) is 11.3 Å². The van der Waals surface area contributed by atoms with E-state index in [2.05, 4.69) is 5.32 Å². The first-order chi connectivity index (χ1) is 8.33. The van der Waals surface area contributed by atoms with Gasteiger partial charge in [-0.25, -0.2) is 8.42 Å². The molecule has 3 unspecified atom stereocenters. The van der Waals surface area contributed by atoms with Crippen LogP contribution in [-0.4, -0.2) is 38.8 Å². The summed E-state index contributed by atoms with van der Waals surface area (Å²) < 4.78 is 23.3. The van der Waals surface area contributed by atoms with E-state index in [0.717, 1.165) is 38.8 Å². The summed E-state index contributed by atoms with van der Waals surface area (Å²) in [5.41, 5.74) is -0.274. The Morgan fingerprint density at radius 3 is 2.61 bits per heavy atom. The van der Waals surface area contributed by atoms with Gasteiger partial charge in [-0.1, -0.05) is 13.3 Å². The number of ketones is 1. The van der Waals surface area contributed by atoms with E-state index in [1.54, 1.807) is 0 Å². The van der Waals surface area contributed by atoms with Crippen LogP contribution < -0.4 is 5.32 Å². The van der Waals surface area contributed by atoms with Crippen molar-refractivity contribution in [1.29, 1.82) is 0 Å². The Labute approximate surface area is 109 Å². The zero-order valence-electron chi connectivity index (χ0n) is 11.2. The molecule has 1 saturated carbocycles. The van der Waals surface area contributed by atoms with Gasteiger partial charge in [-0.2, -0.15) is 0 Å². The summed E-state index contributed by atoms with van der Waals surface area (Å²) in [6, 6.07) is 0. The van der Waals surface area contributed by atoms with Gasteiger partial charge in [-0.05, 0) is 32.2 Å². The molecule has 1 aliphatic carbocycles. The maximum Gasteiger partial charge on any atom is 0.150 e. The molecule has 0 aromatic heterocycles. The van der Waals surface area contributed by atoms with Crippen LogP contribution >= 0.6 is 0 Å². The highest BCUT2D eigenvalue weighted by Gasteiger charge is 2.42. The van der Waals surface area contributed by atoms with E-state index in [4.69, 9.17) is 0 Å². The Morgan fingerprint density at radius 1 is 1.33 bits per heavy atom. The van der Waals surface area contributed by atoms with E-state index in [9.17, 15) is 13.2 Å². The number of sulfone groups is 1. The molecule has 4 nitrogen and oxygen atoms in total. The van der Waals surface area contributed by atoms with Gasteiger partial charge in [0.15, 0.2) is 0 Å². The van der Waals surface area contributed by atoms with Crippen LogP contribution in [0.15, 0.2) is 0 Å². The van der Waals surface area contributed by atoms with Crippen LogP contribution in [0.4, 0.5) is 0 Å². The SMILES string of the molecule is CC1(C(=O)C2CCCC(S(C)(=O)=O)C2)CCNC1. The zero-order valence-corrected chi connectivity index (χ0v) is 12.1. The first-order valence-electron chi connectivity index (χ1n) is 6.77. The highest BCUT2D eigenvalue weighted by atomic mass is 32.2. The standard InChI is InChI=1S/C13H23NO3S/c1-13(6-7-14-9-13)12(15)10-4-3-5-11(8-10)18(2,16)17/h10-11,14H,3-9H2,1-2H3. The molecule has 104 valence electrons. The van der Waals surface area contributed by atoms with Crippen LogP contribution in [0.1, 0.15) is 39.0 Å². The fraction of sp³-hybridized carbons (Fsp3) is 0.923. The van der Waals surface area contributed by atoms with Crippen molar-refractivity contribution in [3.05, 3.63) is 0 Å². The maximum absolute atomic E-state index is 12.6. The molecule has 2 fully saturated rings. The van der Waals surface area contributed by atoms with E-state index in [1.165, 1.54) is 6.26 Å². The number of hydrogen-bond acceptors (Lipinski definition) is 4. The molecule has 3 atom stereocenters. The molecule has 1 aliphatic heterocycles. The molecule has 2 rings (SSSR count). The molecule has 1 N–H and O–H groups in total. The lowest BCUT2D eigenvalue weighted by atomic mass is 9.73. The third-order valence-electron chi connectivity index (χ3n) is 4.57. The minimum atomic E-state index is -3.00. The maximum atomic E-state index is 12.6. The Kier molecular flexibility index (Phi) is 3.83. The van der Waals surface area contributed by atoms with Crippen LogP contribution in [0.3, 0.4) is 0 Å². The summed E-state index contributed by atoms with van der Waals surface area (Å²) in [7, 11) is -3.00. The molecule has 5 heteroatoms.